The first-order chi connectivity index (χ1) is 10.6. The van der Waals surface area contributed by atoms with Crippen LogP contribution in [0.1, 0.15) is 51.0 Å². The van der Waals surface area contributed by atoms with Crippen LogP contribution in [0.2, 0.25) is 0 Å². The van der Waals surface area contributed by atoms with Crippen LogP contribution in [0.15, 0.2) is 24.3 Å². The van der Waals surface area contributed by atoms with Crippen molar-refractivity contribution in [3.63, 3.8) is 0 Å². The summed E-state index contributed by atoms with van der Waals surface area (Å²) in [4.78, 5) is 25.6. The minimum atomic E-state index is -1.14. The molecule has 0 saturated carbocycles. The van der Waals surface area contributed by atoms with Crippen LogP contribution in [0, 0.1) is 6.92 Å². The van der Waals surface area contributed by atoms with Gasteiger partial charge in [0.25, 0.3) is 5.91 Å². The predicted molar refractivity (Wildman–Crippen MR) is 77.5 cm³/mol. The second-order valence-corrected chi connectivity index (χ2v) is 5.39. The molecule has 7 heteroatoms. The van der Waals surface area contributed by atoms with E-state index in [1.54, 1.807) is 11.0 Å². The zero-order chi connectivity index (χ0) is 15.7. The van der Waals surface area contributed by atoms with Gasteiger partial charge in [-0.05, 0) is 31.9 Å². The number of hydrogen-bond acceptors (Lipinski definition) is 4. The van der Waals surface area contributed by atoms with Crippen LogP contribution >= 0.6 is 0 Å². The van der Waals surface area contributed by atoms with Crippen LogP contribution in [-0.2, 0) is 0 Å². The summed E-state index contributed by atoms with van der Waals surface area (Å²) in [6, 6.07) is 7.02. The number of carboxylic acid groups (broad SMARTS) is 1. The fourth-order valence-corrected chi connectivity index (χ4v) is 2.87. The Bertz CT molecular complexity index is 725. The third-order valence-corrected chi connectivity index (χ3v) is 3.87. The highest BCUT2D eigenvalue weighted by molar-refractivity contribution is 5.95. The fourth-order valence-electron chi connectivity index (χ4n) is 2.87. The Balaban J connectivity index is 1.92. The van der Waals surface area contributed by atoms with Crippen LogP contribution in [-0.4, -0.2) is 43.8 Å². The molecule has 2 N–H and O–H groups in total. The molecule has 7 nitrogen and oxygen atoms in total. The first-order valence-corrected chi connectivity index (χ1v) is 7.09. The van der Waals surface area contributed by atoms with Crippen LogP contribution < -0.4 is 0 Å². The maximum Gasteiger partial charge on any atom is 0.358 e. The van der Waals surface area contributed by atoms with Crippen molar-refractivity contribution in [2.75, 3.05) is 6.54 Å². The lowest BCUT2D eigenvalue weighted by Crippen LogP contribution is -2.31. The molecule has 1 aromatic carbocycles. The quantitative estimate of drug-likeness (QED) is 0.900. The monoisotopic (exact) mass is 300 g/mol. The normalized spacial score (nSPS) is 17.7. The van der Waals surface area contributed by atoms with Gasteiger partial charge in [0.15, 0.2) is 5.69 Å². The van der Waals surface area contributed by atoms with Crippen molar-refractivity contribution >= 4 is 11.9 Å². The van der Waals surface area contributed by atoms with E-state index in [2.05, 4.69) is 15.4 Å². The summed E-state index contributed by atoms with van der Waals surface area (Å²) in [7, 11) is 0. The number of carboxylic acids is 1. The second-order valence-electron chi connectivity index (χ2n) is 5.39. The number of aromatic nitrogens is 3. The third kappa shape index (κ3) is 2.45. The molecular weight excluding hydrogens is 284 g/mol. The number of aromatic carboxylic acids is 1. The molecule has 0 spiro atoms. The van der Waals surface area contributed by atoms with Gasteiger partial charge in [-0.1, -0.05) is 17.7 Å². The maximum atomic E-state index is 12.7. The minimum Gasteiger partial charge on any atom is -0.476 e. The lowest BCUT2D eigenvalue weighted by atomic mass is 10.1. The Morgan fingerprint density at radius 3 is 2.91 bits per heavy atom. The lowest BCUT2D eigenvalue weighted by molar-refractivity contribution is 0.0671. The number of aromatic amines is 1. The molecule has 0 bridgehead atoms. The van der Waals surface area contributed by atoms with Gasteiger partial charge >= 0.3 is 5.97 Å². The second kappa shape index (κ2) is 5.59. The predicted octanol–water partition coefficient (Wildman–Crippen LogP) is 1.79. The molecule has 2 heterocycles. The number of hydrogen-bond donors (Lipinski definition) is 2. The zero-order valence-corrected chi connectivity index (χ0v) is 12.1. The molecule has 1 atom stereocenters. The number of benzene rings is 1. The first-order valence-electron chi connectivity index (χ1n) is 7.09. The number of rotatable bonds is 3. The van der Waals surface area contributed by atoms with E-state index < -0.39 is 5.97 Å². The first kappa shape index (κ1) is 14.2. The van der Waals surface area contributed by atoms with Crippen molar-refractivity contribution in [1.82, 2.24) is 20.3 Å². The zero-order valence-electron chi connectivity index (χ0n) is 12.1. The van der Waals surface area contributed by atoms with Crippen molar-refractivity contribution in [2.45, 2.75) is 25.8 Å². The van der Waals surface area contributed by atoms with E-state index >= 15 is 0 Å². The van der Waals surface area contributed by atoms with Gasteiger partial charge in [0, 0.05) is 12.1 Å². The van der Waals surface area contributed by atoms with E-state index in [9.17, 15) is 9.59 Å². The highest BCUT2D eigenvalue weighted by Gasteiger charge is 2.35. The fraction of sp³-hybridized carbons (Fsp3) is 0.333. The Morgan fingerprint density at radius 1 is 1.36 bits per heavy atom. The highest BCUT2D eigenvalue weighted by Crippen LogP contribution is 2.33. The van der Waals surface area contributed by atoms with Crippen LogP contribution in [0.3, 0.4) is 0 Å². The molecule has 1 unspecified atom stereocenters. The summed E-state index contributed by atoms with van der Waals surface area (Å²) in [5.74, 6) is -1.25. The maximum absolute atomic E-state index is 12.7. The van der Waals surface area contributed by atoms with Gasteiger partial charge in [-0.2, -0.15) is 10.3 Å². The van der Waals surface area contributed by atoms with Crippen LogP contribution in [0.25, 0.3) is 0 Å². The van der Waals surface area contributed by atoms with Gasteiger partial charge in [-0.3, -0.25) is 4.79 Å². The number of amides is 1. The molecule has 114 valence electrons. The summed E-state index contributed by atoms with van der Waals surface area (Å²) in [5, 5.41) is 19.1. The summed E-state index contributed by atoms with van der Waals surface area (Å²) in [6.45, 7) is 2.52. The van der Waals surface area contributed by atoms with Gasteiger partial charge in [0.2, 0.25) is 0 Å². The average Bonchev–Trinajstić information content (AvgIpc) is 3.14. The van der Waals surface area contributed by atoms with Crippen molar-refractivity contribution in [2.24, 2.45) is 0 Å². The van der Waals surface area contributed by atoms with Crippen molar-refractivity contribution < 1.29 is 14.7 Å². The van der Waals surface area contributed by atoms with E-state index in [-0.39, 0.29) is 17.6 Å². The SMILES string of the molecule is Cc1cccc(C(=O)N2CCCC2c2n[nH]nc2C(=O)O)c1. The number of nitrogens with zero attached hydrogens (tertiary/aromatic N) is 3. The number of carbonyl (C=O) groups excluding carboxylic acids is 1. The molecule has 1 fully saturated rings. The van der Waals surface area contributed by atoms with Gasteiger partial charge in [-0.25, -0.2) is 4.79 Å². The summed E-state index contributed by atoms with van der Waals surface area (Å²) in [5.41, 5.74) is 1.82. The Labute approximate surface area is 126 Å². The van der Waals surface area contributed by atoms with Crippen molar-refractivity contribution in [3.8, 4) is 0 Å². The number of carbonyl (C=O) groups is 2. The smallest absolute Gasteiger partial charge is 0.358 e. The molecule has 1 aliphatic heterocycles. The molecule has 1 aliphatic rings. The van der Waals surface area contributed by atoms with E-state index in [1.807, 2.05) is 25.1 Å². The lowest BCUT2D eigenvalue weighted by Gasteiger charge is -2.23. The summed E-state index contributed by atoms with van der Waals surface area (Å²) >= 11 is 0. The van der Waals surface area contributed by atoms with Crippen molar-refractivity contribution in [3.05, 3.63) is 46.8 Å². The molecule has 3 rings (SSSR count). The van der Waals surface area contributed by atoms with Crippen LogP contribution in [0.5, 0.6) is 0 Å². The molecule has 1 aromatic heterocycles. The third-order valence-electron chi connectivity index (χ3n) is 3.87. The van der Waals surface area contributed by atoms with E-state index in [4.69, 9.17) is 5.11 Å². The Kier molecular flexibility index (Phi) is 3.62. The van der Waals surface area contributed by atoms with E-state index in [0.717, 1.165) is 12.0 Å². The van der Waals surface area contributed by atoms with Gasteiger partial charge in [0.05, 0.1) is 6.04 Å². The molecule has 0 radical (unpaired) electrons. The number of nitrogens with one attached hydrogen (secondary N) is 1. The Morgan fingerprint density at radius 2 is 2.18 bits per heavy atom. The summed E-state index contributed by atoms with van der Waals surface area (Å²) < 4.78 is 0. The minimum absolute atomic E-state index is 0.106. The van der Waals surface area contributed by atoms with Crippen LogP contribution in [0.4, 0.5) is 0 Å². The molecule has 1 saturated heterocycles. The van der Waals surface area contributed by atoms with E-state index in [0.29, 0.717) is 24.2 Å². The molecule has 0 aliphatic carbocycles. The molecule has 22 heavy (non-hydrogen) atoms. The largest absolute Gasteiger partial charge is 0.476 e. The number of likely N-dealkylation sites (tertiary alicyclic amines) is 1. The van der Waals surface area contributed by atoms with E-state index in [1.165, 1.54) is 0 Å². The molecule has 1 amide bonds. The number of H-pyrrole nitrogens is 1. The Hall–Kier alpha value is -2.70. The summed E-state index contributed by atoms with van der Waals surface area (Å²) in [6.07, 6.45) is 1.50. The standard InChI is InChI=1S/C15H16N4O3/c1-9-4-2-5-10(8-9)14(20)19-7-3-6-11(19)12-13(15(21)22)17-18-16-12/h2,4-5,8,11H,3,6-7H2,1H3,(H,21,22)(H,16,17,18). The number of aryl methyl sites for hydroxylation is 1. The van der Waals surface area contributed by atoms with Gasteiger partial charge in [-0.15, -0.1) is 5.10 Å². The van der Waals surface area contributed by atoms with Gasteiger partial charge < -0.3 is 10.0 Å². The average molecular weight is 300 g/mol. The molecular formula is C15H16N4O3. The van der Waals surface area contributed by atoms with Gasteiger partial charge in [0.1, 0.15) is 5.69 Å². The van der Waals surface area contributed by atoms with Crippen molar-refractivity contribution in [1.29, 1.82) is 0 Å². The highest BCUT2D eigenvalue weighted by atomic mass is 16.4. The topological polar surface area (TPSA) is 99.2 Å². The molecule has 2 aromatic rings.